The molecule has 0 aliphatic carbocycles. The minimum atomic E-state index is -3.84. The lowest BCUT2D eigenvalue weighted by molar-refractivity contribution is -0.384. The van der Waals surface area contributed by atoms with Crippen LogP contribution in [0.3, 0.4) is 0 Å². The van der Waals surface area contributed by atoms with Gasteiger partial charge < -0.3 is 0 Å². The van der Waals surface area contributed by atoms with E-state index in [2.05, 4.69) is 27.6 Å². The zero-order valence-electron chi connectivity index (χ0n) is 17.7. The highest BCUT2D eigenvalue weighted by atomic mass is 32.2. The van der Waals surface area contributed by atoms with Gasteiger partial charge >= 0.3 is 0 Å². The van der Waals surface area contributed by atoms with Crippen LogP contribution in [0, 0.1) is 10.1 Å². The molecule has 1 amide bonds. The van der Waals surface area contributed by atoms with Gasteiger partial charge in [-0.1, -0.05) is 36.4 Å². The summed E-state index contributed by atoms with van der Waals surface area (Å²) in [4.78, 5) is 25.0. The number of rotatable bonds is 8. The van der Waals surface area contributed by atoms with Crippen molar-refractivity contribution in [1.29, 1.82) is 0 Å². The van der Waals surface area contributed by atoms with Crippen molar-refractivity contribution in [1.82, 2.24) is 10.3 Å². The van der Waals surface area contributed by atoms with Crippen molar-refractivity contribution < 1.29 is 18.1 Å². The lowest BCUT2D eigenvalue weighted by Crippen LogP contribution is -2.40. The Kier molecular flexibility index (Phi) is 7.54. The first kappa shape index (κ1) is 23.4. The number of amides is 1. The number of nitrogens with zero attached hydrogens (tertiary/aromatic N) is 4. The molecule has 0 unspecified atom stereocenters. The molecule has 1 heterocycles. The fourth-order valence-electron chi connectivity index (χ4n) is 3.39. The first-order chi connectivity index (χ1) is 15.2. The molecule has 32 heavy (non-hydrogen) atoms. The lowest BCUT2D eigenvalue weighted by Gasteiger charge is -2.27. The van der Waals surface area contributed by atoms with Gasteiger partial charge in [-0.3, -0.25) is 24.1 Å². The van der Waals surface area contributed by atoms with Gasteiger partial charge in [0.05, 0.1) is 16.9 Å². The number of anilines is 1. The number of non-ortho nitro benzene ring substituents is 1. The normalized spacial score (nSPS) is 14.6. The Labute approximate surface area is 186 Å². The molecule has 0 radical (unpaired) electrons. The van der Waals surface area contributed by atoms with E-state index in [1.807, 2.05) is 18.2 Å². The summed E-state index contributed by atoms with van der Waals surface area (Å²) in [5.41, 5.74) is 4.27. The molecule has 0 saturated carbocycles. The molecule has 0 bridgehead atoms. The first-order valence-corrected chi connectivity index (χ1v) is 11.9. The number of carbonyl (C=O) groups excluding carboxylic acids is 1. The van der Waals surface area contributed by atoms with Crippen molar-refractivity contribution >= 4 is 33.0 Å². The number of nitrogens with one attached hydrogen (secondary N) is 1. The van der Waals surface area contributed by atoms with Crippen molar-refractivity contribution in [2.75, 3.05) is 30.2 Å². The fraction of sp³-hybridized carbons (Fsp3) is 0.333. The van der Waals surface area contributed by atoms with E-state index in [1.54, 1.807) is 0 Å². The number of hydrogen-bond donors (Lipinski definition) is 1. The van der Waals surface area contributed by atoms with Crippen molar-refractivity contribution in [3.05, 3.63) is 70.3 Å². The highest BCUT2D eigenvalue weighted by molar-refractivity contribution is 7.92. The molecule has 2 aromatic carbocycles. The minimum absolute atomic E-state index is 0.0405. The topological polar surface area (TPSA) is 125 Å². The number of nitro groups is 1. The largest absolute Gasteiger partial charge is 0.298 e. The molecule has 0 spiro atoms. The summed E-state index contributed by atoms with van der Waals surface area (Å²) < 4.78 is 25.2. The smallest absolute Gasteiger partial charge is 0.271 e. The maximum atomic E-state index is 12.4. The maximum absolute atomic E-state index is 12.4. The second-order valence-corrected chi connectivity index (χ2v) is 9.43. The fourth-order valence-corrected chi connectivity index (χ4v) is 4.24. The molecule has 11 heteroatoms. The van der Waals surface area contributed by atoms with Gasteiger partial charge in [0.15, 0.2) is 0 Å². The first-order valence-electron chi connectivity index (χ1n) is 10.0. The van der Waals surface area contributed by atoms with E-state index in [0.717, 1.165) is 42.0 Å². The Morgan fingerprint density at radius 2 is 1.84 bits per heavy atom. The van der Waals surface area contributed by atoms with E-state index in [9.17, 15) is 23.3 Å². The molecule has 0 aromatic heterocycles. The summed E-state index contributed by atoms with van der Waals surface area (Å²) in [6.45, 7) is 1.95. The van der Waals surface area contributed by atoms with Crippen molar-refractivity contribution in [2.45, 2.75) is 19.4 Å². The molecule has 0 atom stereocenters. The number of hydrazone groups is 1. The van der Waals surface area contributed by atoms with Gasteiger partial charge in [-0.2, -0.15) is 5.10 Å². The van der Waals surface area contributed by atoms with E-state index in [1.165, 1.54) is 23.8 Å². The van der Waals surface area contributed by atoms with E-state index in [-0.39, 0.29) is 11.4 Å². The molecule has 1 fully saturated rings. The van der Waals surface area contributed by atoms with Crippen molar-refractivity contribution in [3.63, 3.8) is 0 Å². The third-order valence-electron chi connectivity index (χ3n) is 5.04. The third kappa shape index (κ3) is 6.59. The number of piperidine rings is 1. The summed E-state index contributed by atoms with van der Waals surface area (Å²) in [7, 11) is -3.84. The predicted molar refractivity (Wildman–Crippen MR) is 122 cm³/mol. The molecule has 10 nitrogen and oxygen atoms in total. The third-order valence-corrected chi connectivity index (χ3v) is 6.18. The highest BCUT2D eigenvalue weighted by Gasteiger charge is 2.23. The zero-order valence-corrected chi connectivity index (χ0v) is 18.5. The van der Waals surface area contributed by atoms with Gasteiger partial charge in [0, 0.05) is 50.3 Å². The summed E-state index contributed by atoms with van der Waals surface area (Å²) in [6.07, 6.45) is 2.34. The van der Waals surface area contributed by atoms with Crippen LogP contribution in [-0.4, -0.2) is 55.7 Å². The average molecular weight is 460 g/mol. The van der Waals surface area contributed by atoms with Gasteiger partial charge in [0.1, 0.15) is 6.54 Å². The molecular formula is C21H25N5O5S. The van der Waals surface area contributed by atoms with E-state index >= 15 is 0 Å². The van der Waals surface area contributed by atoms with Crippen molar-refractivity contribution in [3.8, 4) is 0 Å². The predicted octanol–water partition coefficient (Wildman–Crippen LogP) is 2.13. The van der Waals surface area contributed by atoms with Crippen LogP contribution in [0.25, 0.3) is 0 Å². The summed E-state index contributed by atoms with van der Waals surface area (Å²) >= 11 is 0. The number of sulfonamides is 1. The molecule has 1 N–H and O–H groups in total. The Morgan fingerprint density at radius 1 is 1.16 bits per heavy atom. The van der Waals surface area contributed by atoms with E-state index in [0.29, 0.717) is 12.8 Å². The van der Waals surface area contributed by atoms with E-state index < -0.39 is 27.4 Å². The van der Waals surface area contributed by atoms with Gasteiger partial charge in [-0.15, -0.1) is 0 Å². The number of nitro benzene ring substituents is 1. The molecule has 1 aliphatic rings. The van der Waals surface area contributed by atoms with Gasteiger partial charge in [-0.25, -0.2) is 13.8 Å². The highest BCUT2D eigenvalue weighted by Crippen LogP contribution is 2.23. The minimum Gasteiger partial charge on any atom is -0.298 e. The molecule has 3 rings (SSSR count). The lowest BCUT2D eigenvalue weighted by atomic mass is 10.1. The number of benzene rings is 2. The number of likely N-dealkylation sites (tertiary alicyclic amines) is 1. The monoisotopic (exact) mass is 459 g/mol. The van der Waals surface area contributed by atoms with Crippen LogP contribution in [0.1, 0.15) is 18.4 Å². The van der Waals surface area contributed by atoms with Crippen LogP contribution >= 0.6 is 0 Å². The molecular weight excluding hydrogens is 434 g/mol. The standard InChI is InChI=1S/C21H25N5O5S/c1-32(30,31)25(19-8-5-9-20(14-19)26(28)29)16-21(27)23-22-18-10-12-24(13-11-18)15-17-6-3-2-4-7-17/h2-9,14H,10-13,15-16H2,1H3,(H,23,27). The molecule has 2 aromatic rings. The summed E-state index contributed by atoms with van der Waals surface area (Å²) in [6, 6.07) is 15.3. The van der Waals surface area contributed by atoms with Crippen LogP contribution in [0.15, 0.2) is 59.7 Å². The quantitative estimate of drug-likeness (QED) is 0.476. The average Bonchev–Trinajstić information content (AvgIpc) is 2.77. The second kappa shape index (κ2) is 10.3. The Hall–Kier alpha value is -3.31. The van der Waals surface area contributed by atoms with E-state index in [4.69, 9.17) is 0 Å². The number of carbonyl (C=O) groups is 1. The van der Waals surface area contributed by atoms with Crippen LogP contribution < -0.4 is 9.73 Å². The Balaban J connectivity index is 1.57. The van der Waals surface area contributed by atoms with Gasteiger partial charge in [0.25, 0.3) is 11.6 Å². The van der Waals surface area contributed by atoms with Crippen LogP contribution in [0.4, 0.5) is 11.4 Å². The molecule has 170 valence electrons. The Morgan fingerprint density at radius 3 is 2.47 bits per heavy atom. The van der Waals surface area contributed by atoms with Crippen LogP contribution in [-0.2, 0) is 21.4 Å². The van der Waals surface area contributed by atoms with Gasteiger partial charge in [0.2, 0.25) is 10.0 Å². The van der Waals surface area contributed by atoms with Gasteiger partial charge in [-0.05, 0) is 11.6 Å². The summed E-state index contributed by atoms with van der Waals surface area (Å²) in [5.74, 6) is -0.624. The van der Waals surface area contributed by atoms with Crippen molar-refractivity contribution in [2.24, 2.45) is 5.10 Å². The molecule has 1 saturated heterocycles. The van der Waals surface area contributed by atoms with Crippen LogP contribution in [0.2, 0.25) is 0 Å². The zero-order chi connectivity index (χ0) is 23.1. The SMILES string of the molecule is CS(=O)(=O)N(CC(=O)NN=C1CCN(Cc2ccccc2)CC1)c1cccc([N+](=O)[O-])c1. The second-order valence-electron chi connectivity index (χ2n) is 7.52. The Bertz CT molecular complexity index is 1090. The number of hydrogen-bond acceptors (Lipinski definition) is 7. The maximum Gasteiger partial charge on any atom is 0.271 e. The van der Waals surface area contributed by atoms with Crippen LogP contribution in [0.5, 0.6) is 0 Å². The summed E-state index contributed by atoms with van der Waals surface area (Å²) in [5, 5.41) is 15.1. The molecule has 1 aliphatic heterocycles.